The van der Waals surface area contributed by atoms with Crippen LogP contribution in [0.25, 0.3) is 0 Å². The summed E-state index contributed by atoms with van der Waals surface area (Å²) in [5.74, 6) is -0.140. The number of benzene rings is 1. The fourth-order valence-electron chi connectivity index (χ4n) is 2.73. The minimum absolute atomic E-state index is 0.0124. The SMILES string of the molecule is Cc1cccc(OCCCC(=O)NC2(CC(=O)O)CCC2)c1. The van der Waals surface area contributed by atoms with Crippen molar-refractivity contribution in [1.29, 1.82) is 0 Å². The zero-order chi connectivity index (χ0) is 16.0. The van der Waals surface area contributed by atoms with Gasteiger partial charge in [-0.15, -0.1) is 0 Å². The Balaban J connectivity index is 1.68. The highest BCUT2D eigenvalue weighted by Crippen LogP contribution is 2.35. The Morgan fingerprint density at radius 1 is 1.36 bits per heavy atom. The molecule has 1 aliphatic rings. The van der Waals surface area contributed by atoms with E-state index in [1.807, 2.05) is 31.2 Å². The van der Waals surface area contributed by atoms with Crippen LogP contribution in [0.3, 0.4) is 0 Å². The van der Waals surface area contributed by atoms with Crippen LogP contribution >= 0.6 is 0 Å². The number of ether oxygens (including phenoxy) is 1. The van der Waals surface area contributed by atoms with Crippen LogP contribution < -0.4 is 10.1 Å². The van der Waals surface area contributed by atoms with Gasteiger partial charge in [-0.3, -0.25) is 9.59 Å². The summed E-state index contributed by atoms with van der Waals surface area (Å²) in [5, 5.41) is 11.8. The van der Waals surface area contributed by atoms with Gasteiger partial charge in [-0.2, -0.15) is 0 Å². The normalized spacial score (nSPS) is 15.7. The number of hydrogen-bond acceptors (Lipinski definition) is 3. The van der Waals surface area contributed by atoms with Crippen molar-refractivity contribution in [3.63, 3.8) is 0 Å². The molecule has 0 heterocycles. The largest absolute Gasteiger partial charge is 0.494 e. The van der Waals surface area contributed by atoms with Gasteiger partial charge < -0.3 is 15.2 Å². The van der Waals surface area contributed by atoms with Gasteiger partial charge in [-0.25, -0.2) is 0 Å². The molecule has 1 amide bonds. The summed E-state index contributed by atoms with van der Waals surface area (Å²) in [6.45, 7) is 2.48. The van der Waals surface area contributed by atoms with Crippen LogP contribution in [-0.2, 0) is 9.59 Å². The molecule has 22 heavy (non-hydrogen) atoms. The molecular weight excluding hydrogens is 282 g/mol. The lowest BCUT2D eigenvalue weighted by Gasteiger charge is -2.41. The summed E-state index contributed by atoms with van der Waals surface area (Å²) < 4.78 is 5.60. The number of nitrogens with one attached hydrogen (secondary N) is 1. The van der Waals surface area contributed by atoms with E-state index >= 15 is 0 Å². The summed E-state index contributed by atoms with van der Waals surface area (Å²) in [6, 6.07) is 7.78. The third-order valence-electron chi connectivity index (χ3n) is 4.01. The van der Waals surface area contributed by atoms with E-state index in [1.54, 1.807) is 0 Å². The van der Waals surface area contributed by atoms with Crippen molar-refractivity contribution >= 4 is 11.9 Å². The molecule has 120 valence electrons. The monoisotopic (exact) mass is 305 g/mol. The second kappa shape index (κ2) is 7.29. The lowest BCUT2D eigenvalue weighted by molar-refractivity contribution is -0.140. The second-order valence-electron chi connectivity index (χ2n) is 6.02. The number of rotatable bonds is 8. The van der Waals surface area contributed by atoms with Crippen molar-refractivity contribution in [3.8, 4) is 5.75 Å². The third kappa shape index (κ3) is 4.76. The average molecular weight is 305 g/mol. The van der Waals surface area contributed by atoms with Crippen LogP contribution in [0.2, 0.25) is 0 Å². The maximum Gasteiger partial charge on any atom is 0.305 e. The van der Waals surface area contributed by atoms with E-state index in [-0.39, 0.29) is 12.3 Å². The molecule has 0 radical (unpaired) electrons. The molecule has 2 rings (SSSR count). The molecule has 1 aromatic carbocycles. The number of hydrogen-bond donors (Lipinski definition) is 2. The molecule has 2 N–H and O–H groups in total. The van der Waals surface area contributed by atoms with Crippen LogP contribution in [0.15, 0.2) is 24.3 Å². The van der Waals surface area contributed by atoms with Gasteiger partial charge in [0.15, 0.2) is 0 Å². The van der Waals surface area contributed by atoms with Gasteiger partial charge in [0.2, 0.25) is 5.91 Å². The fraction of sp³-hybridized carbons (Fsp3) is 0.529. The first-order chi connectivity index (χ1) is 10.5. The van der Waals surface area contributed by atoms with Crippen LogP contribution in [0, 0.1) is 6.92 Å². The van der Waals surface area contributed by atoms with Crippen LogP contribution in [-0.4, -0.2) is 29.1 Å². The summed E-state index contributed by atoms with van der Waals surface area (Å²) in [7, 11) is 0. The maximum atomic E-state index is 11.9. The highest BCUT2D eigenvalue weighted by atomic mass is 16.5. The molecular formula is C17H23NO4. The van der Waals surface area contributed by atoms with Gasteiger partial charge in [0, 0.05) is 6.42 Å². The zero-order valence-corrected chi connectivity index (χ0v) is 12.9. The van der Waals surface area contributed by atoms with Crippen LogP contribution in [0.1, 0.15) is 44.1 Å². The Kier molecular flexibility index (Phi) is 5.41. The predicted octanol–water partition coefficient (Wildman–Crippen LogP) is 2.67. The van der Waals surface area contributed by atoms with Gasteiger partial charge in [0.05, 0.1) is 18.6 Å². The number of carbonyl (C=O) groups excluding carboxylic acids is 1. The smallest absolute Gasteiger partial charge is 0.305 e. The average Bonchev–Trinajstić information content (AvgIpc) is 2.41. The molecule has 0 bridgehead atoms. The van der Waals surface area contributed by atoms with E-state index in [2.05, 4.69) is 5.32 Å². The van der Waals surface area contributed by atoms with Gasteiger partial charge in [-0.1, -0.05) is 12.1 Å². The fourth-order valence-corrected chi connectivity index (χ4v) is 2.73. The Bertz CT molecular complexity index is 537. The van der Waals surface area contributed by atoms with Crippen molar-refractivity contribution < 1.29 is 19.4 Å². The number of carbonyl (C=O) groups is 2. The van der Waals surface area contributed by atoms with Crippen molar-refractivity contribution in [2.24, 2.45) is 0 Å². The van der Waals surface area contributed by atoms with Crippen molar-refractivity contribution in [1.82, 2.24) is 5.32 Å². The number of carboxylic acid groups (broad SMARTS) is 1. The quantitative estimate of drug-likeness (QED) is 0.724. The number of amides is 1. The highest BCUT2D eigenvalue weighted by Gasteiger charge is 2.40. The summed E-state index contributed by atoms with van der Waals surface area (Å²) in [5.41, 5.74) is 0.621. The van der Waals surface area contributed by atoms with Crippen molar-refractivity contribution in [2.75, 3.05) is 6.61 Å². The van der Waals surface area contributed by atoms with Gasteiger partial charge in [-0.05, 0) is 50.3 Å². The Labute approximate surface area is 130 Å². The summed E-state index contributed by atoms with van der Waals surface area (Å²) in [4.78, 5) is 22.8. The van der Waals surface area contributed by atoms with E-state index in [0.29, 0.717) is 19.4 Å². The van der Waals surface area contributed by atoms with Gasteiger partial charge >= 0.3 is 5.97 Å². The molecule has 0 spiro atoms. The Morgan fingerprint density at radius 3 is 2.73 bits per heavy atom. The van der Waals surface area contributed by atoms with E-state index in [4.69, 9.17) is 9.84 Å². The maximum absolute atomic E-state index is 11.9. The lowest BCUT2D eigenvalue weighted by atomic mass is 9.74. The van der Waals surface area contributed by atoms with Gasteiger partial charge in [0.25, 0.3) is 0 Å². The van der Waals surface area contributed by atoms with E-state index in [9.17, 15) is 9.59 Å². The molecule has 5 heteroatoms. The highest BCUT2D eigenvalue weighted by molar-refractivity contribution is 5.78. The molecule has 1 saturated carbocycles. The molecule has 0 aliphatic heterocycles. The van der Waals surface area contributed by atoms with E-state index in [1.165, 1.54) is 0 Å². The van der Waals surface area contributed by atoms with Crippen molar-refractivity contribution in [3.05, 3.63) is 29.8 Å². The second-order valence-corrected chi connectivity index (χ2v) is 6.02. The Morgan fingerprint density at radius 2 is 2.14 bits per heavy atom. The standard InChI is InChI=1S/C17H23NO4/c1-13-5-2-6-14(11-13)22-10-3-7-15(19)18-17(8-4-9-17)12-16(20)21/h2,5-6,11H,3-4,7-10,12H2,1H3,(H,18,19)(H,20,21). The predicted molar refractivity (Wildman–Crippen MR) is 82.9 cm³/mol. The minimum Gasteiger partial charge on any atom is -0.494 e. The Hall–Kier alpha value is -2.04. The first kappa shape index (κ1) is 16.3. The number of aryl methyl sites for hydroxylation is 1. The molecule has 1 fully saturated rings. The topological polar surface area (TPSA) is 75.6 Å². The molecule has 0 aromatic heterocycles. The van der Waals surface area contributed by atoms with E-state index in [0.717, 1.165) is 30.6 Å². The molecule has 1 aliphatic carbocycles. The third-order valence-corrected chi connectivity index (χ3v) is 4.01. The number of aliphatic carboxylic acids is 1. The minimum atomic E-state index is -0.859. The zero-order valence-electron chi connectivity index (χ0n) is 12.9. The number of carboxylic acids is 1. The molecule has 0 unspecified atom stereocenters. The molecule has 1 aromatic rings. The van der Waals surface area contributed by atoms with Crippen LogP contribution in [0.4, 0.5) is 0 Å². The van der Waals surface area contributed by atoms with Crippen LogP contribution in [0.5, 0.6) is 5.75 Å². The first-order valence-electron chi connectivity index (χ1n) is 7.71. The molecule has 5 nitrogen and oxygen atoms in total. The lowest BCUT2D eigenvalue weighted by Crippen LogP contribution is -2.54. The summed E-state index contributed by atoms with van der Waals surface area (Å²) in [6.07, 6.45) is 3.47. The molecule has 0 atom stereocenters. The van der Waals surface area contributed by atoms with E-state index < -0.39 is 11.5 Å². The molecule has 0 saturated heterocycles. The van der Waals surface area contributed by atoms with Gasteiger partial charge in [0.1, 0.15) is 5.75 Å². The van der Waals surface area contributed by atoms with Crippen molar-refractivity contribution in [2.45, 2.75) is 51.0 Å². The summed E-state index contributed by atoms with van der Waals surface area (Å²) >= 11 is 0. The first-order valence-corrected chi connectivity index (χ1v) is 7.71.